The van der Waals surface area contributed by atoms with Crippen LogP contribution in [0.3, 0.4) is 0 Å². The summed E-state index contributed by atoms with van der Waals surface area (Å²) in [6.45, 7) is 3.89. The zero-order valence-electron chi connectivity index (χ0n) is 10.3. The summed E-state index contributed by atoms with van der Waals surface area (Å²) in [7, 11) is 0. The summed E-state index contributed by atoms with van der Waals surface area (Å²) >= 11 is 0. The molecular weight excluding hydrogens is 231 g/mol. The predicted molar refractivity (Wildman–Crippen MR) is 67.1 cm³/mol. The van der Waals surface area contributed by atoms with Gasteiger partial charge in [-0.05, 0) is 31.0 Å². The van der Waals surface area contributed by atoms with Gasteiger partial charge in [0.05, 0.1) is 17.9 Å². The lowest BCUT2D eigenvalue weighted by Gasteiger charge is -2.18. The molecule has 2 rings (SSSR count). The molecule has 0 saturated carbocycles. The summed E-state index contributed by atoms with van der Waals surface area (Å²) in [5.41, 5.74) is 5.78. The summed E-state index contributed by atoms with van der Waals surface area (Å²) in [6.07, 6.45) is 4.45. The van der Waals surface area contributed by atoms with Crippen LogP contribution in [0.2, 0.25) is 0 Å². The molecule has 0 radical (unpaired) electrons. The predicted octanol–water partition coefficient (Wildman–Crippen LogP) is 1.79. The fourth-order valence-corrected chi connectivity index (χ4v) is 1.96. The van der Waals surface area contributed by atoms with Crippen molar-refractivity contribution in [2.75, 3.05) is 0 Å². The molecule has 18 heavy (non-hydrogen) atoms. The number of hydrogen-bond donors (Lipinski definition) is 2. The van der Waals surface area contributed by atoms with Crippen molar-refractivity contribution in [3.63, 3.8) is 0 Å². The minimum absolute atomic E-state index is 0.401. The molecule has 0 amide bonds. The Balaban J connectivity index is 2.49. The van der Waals surface area contributed by atoms with Gasteiger partial charge in [-0.3, -0.25) is 15.8 Å². The molecule has 0 aliphatic carbocycles. The molecule has 3 N–H and O–H groups in total. The van der Waals surface area contributed by atoms with Gasteiger partial charge in [0.25, 0.3) is 0 Å². The van der Waals surface area contributed by atoms with Gasteiger partial charge < -0.3 is 0 Å². The molecule has 0 aliphatic heterocycles. The lowest BCUT2D eigenvalue weighted by molar-refractivity contribution is 0.547. The van der Waals surface area contributed by atoms with Gasteiger partial charge in [0.15, 0.2) is 0 Å². The second kappa shape index (κ2) is 5.20. The number of nitrogens with two attached hydrogens (primary N) is 1. The van der Waals surface area contributed by atoms with Crippen LogP contribution in [0.15, 0.2) is 30.7 Å². The van der Waals surface area contributed by atoms with Crippen molar-refractivity contribution >= 4 is 0 Å². The SMILES string of the molecule is Cc1cnc(C(NN)c2ccncc2F)c(C)c1. The van der Waals surface area contributed by atoms with E-state index < -0.39 is 11.9 Å². The van der Waals surface area contributed by atoms with E-state index in [0.717, 1.165) is 11.1 Å². The first-order valence-electron chi connectivity index (χ1n) is 5.62. The number of nitrogens with zero attached hydrogens (tertiary/aromatic N) is 2. The van der Waals surface area contributed by atoms with Crippen molar-refractivity contribution in [1.29, 1.82) is 0 Å². The van der Waals surface area contributed by atoms with Crippen molar-refractivity contribution in [2.45, 2.75) is 19.9 Å². The maximum atomic E-state index is 13.7. The second-order valence-corrected chi connectivity index (χ2v) is 4.21. The van der Waals surface area contributed by atoms with E-state index in [2.05, 4.69) is 15.4 Å². The van der Waals surface area contributed by atoms with Crippen molar-refractivity contribution in [3.05, 3.63) is 58.9 Å². The standard InChI is InChI=1S/C13H15FN4/c1-8-5-9(2)12(17-6-8)13(18-15)10-3-4-16-7-11(10)14/h3-7,13,18H,15H2,1-2H3. The van der Waals surface area contributed by atoms with Gasteiger partial charge in [0.2, 0.25) is 0 Å². The topological polar surface area (TPSA) is 63.8 Å². The first-order chi connectivity index (χ1) is 8.63. The molecule has 0 aromatic carbocycles. The van der Waals surface area contributed by atoms with Crippen LogP contribution in [-0.4, -0.2) is 9.97 Å². The molecule has 5 heteroatoms. The van der Waals surface area contributed by atoms with Crippen LogP contribution in [0.25, 0.3) is 0 Å². The van der Waals surface area contributed by atoms with Gasteiger partial charge in [-0.2, -0.15) is 0 Å². The Labute approximate surface area is 105 Å². The lowest BCUT2D eigenvalue weighted by Crippen LogP contribution is -2.30. The third-order valence-electron chi connectivity index (χ3n) is 2.81. The van der Waals surface area contributed by atoms with Gasteiger partial charge in [-0.15, -0.1) is 0 Å². The summed E-state index contributed by atoms with van der Waals surface area (Å²) in [5, 5.41) is 0. The monoisotopic (exact) mass is 246 g/mol. The van der Waals surface area contributed by atoms with Crippen LogP contribution in [-0.2, 0) is 0 Å². The van der Waals surface area contributed by atoms with Gasteiger partial charge in [0, 0.05) is 18.0 Å². The number of hydrazine groups is 1. The third kappa shape index (κ3) is 2.37. The van der Waals surface area contributed by atoms with Crippen LogP contribution in [0, 0.1) is 19.7 Å². The van der Waals surface area contributed by atoms with E-state index in [1.807, 2.05) is 19.9 Å². The second-order valence-electron chi connectivity index (χ2n) is 4.21. The maximum absolute atomic E-state index is 13.7. The normalized spacial score (nSPS) is 12.4. The molecular formula is C13H15FN4. The average Bonchev–Trinajstić information content (AvgIpc) is 2.34. The molecule has 0 bridgehead atoms. The Morgan fingerprint density at radius 2 is 2.11 bits per heavy atom. The molecule has 2 aromatic heterocycles. The number of rotatable bonds is 3. The number of pyridine rings is 2. The van der Waals surface area contributed by atoms with Crippen molar-refractivity contribution < 1.29 is 4.39 Å². The molecule has 0 fully saturated rings. The van der Waals surface area contributed by atoms with E-state index >= 15 is 0 Å². The molecule has 94 valence electrons. The highest BCUT2D eigenvalue weighted by Crippen LogP contribution is 2.24. The van der Waals surface area contributed by atoms with Gasteiger partial charge in [-0.25, -0.2) is 9.82 Å². The first kappa shape index (κ1) is 12.6. The Hall–Kier alpha value is -1.85. The molecule has 2 heterocycles. The number of hydrogen-bond acceptors (Lipinski definition) is 4. The Morgan fingerprint density at radius 3 is 2.72 bits per heavy atom. The van der Waals surface area contributed by atoms with E-state index in [4.69, 9.17) is 5.84 Å². The minimum Gasteiger partial charge on any atom is -0.271 e. The Morgan fingerprint density at radius 1 is 1.33 bits per heavy atom. The van der Waals surface area contributed by atoms with Crippen molar-refractivity contribution in [1.82, 2.24) is 15.4 Å². The van der Waals surface area contributed by atoms with Gasteiger partial charge in [-0.1, -0.05) is 6.07 Å². The highest BCUT2D eigenvalue weighted by atomic mass is 19.1. The van der Waals surface area contributed by atoms with Crippen LogP contribution in [0.5, 0.6) is 0 Å². The largest absolute Gasteiger partial charge is 0.271 e. The van der Waals surface area contributed by atoms with Crippen LogP contribution < -0.4 is 11.3 Å². The molecule has 1 atom stereocenters. The number of aryl methyl sites for hydroxylation is 2. The van der Waals surface area contributed by atoms with Crippen molar-refractivity contribution in [2.24, 2.45) is 5.84 Å². The quantitative estimate of drug-likeness (QED) is 0.640. The Kier molecular flexibility index (Phi) is 3.64. The minimum atomic E-state index is -0.478. The number of halogens is 1. The zero-order chi connectivity index (χ0) is 13.1. The summed E-state index contributed by atoms with van der Waals surface area (Å²) in [5.74, 6) is 5.13. The number of aromatic nitrogens is 2. The number of nitrogens with one attached hydrogen (secondary N) is 1. The zero-order valence-corrected chi connectivity index (χ0v) is 10.3. The smallest absolute Gasteiger partial charge is 0.146 e. The van der Waals surface area contributed by atoms with E-state index in [1.54, 1.807) is 12.3 Å². The average molecular weight is 246 g/mol. The molecule has 1 unspecified atom stereocenters. The molecule has 2 aromatic rings. The molecule has 0 saturated heterocycles. The van der Waals surface area contributed by atoms with Crippen LogP contribution in [0.4, 0.5) is 4.39 Å². The Bertz CT molecular complexity index is 556. The molecule has 4 nitrogen and oxygen atoms in total. The summed E-state index contributed by atoms with van der Waals surface area (Å²) < 4.78 is 13.7. The van der Waals surface area contributed by atoms with Gasteiger partial charge >= 0.3 is 0 Å². The van der Waals surface area contributed by atoms with E-state index in [1.165, 1.54) is 12.4 Å². The van der Waals surface area contributed by atoms with Crippen molar-refractivity contribution in [3.8, 4) is 0 Å². The van der Waals surface area contributed by atoms with E-state index in [9.17, 15) is 4.39 Å². The fourth-order valence-electron chi connectivity index (χ4n) is 1.96. The van der Waals surface area contributed by atoms with E-state index in [-0.39, 0.29) is 0 Å². The fraction of sp³-hybridized carbons (Fsp3) is 0.231. The first-order valence-corrected chi connectivity index (χ1v) is 5.62. The van der Waals surface area contributed by atoms with Gasteiger partial charge in [0.1, 0.15) is 5.82 Å². The lowest BCUT2D eigenvalue weighted by atomic mass is 10.0. The highest BCUT2D eigenvalue weighted by molar-refractivity contribution is 5.33. The summed E-state index contributed by atoms with van der Waals surface area (Å²) in [6, 6.07) is 3.11. The third-order valence-corrected chi connectivity index (χ3v) is 2.81. The molecule has 0 spiro atoms. The highest BCUT2D eigenvalue weighted by Gasteiger charge is 2.19. The van der Waals surface area contributed by atoms with Crippen LogP contribution in [0.1, 0.15) is 28.4 Å². The van der Waals surface area contributed by atoms with E-state index in [0.29, 0.717) is 11.3 Å². The molecule has 0 aliphatic rings. The van der Waals surface area contributed by atoms with Crippen LogP contribution >= 0.6 is 0 Å². The summed E-state index contributed by atoms with van der Waals surface area (Å²) in [4.78, 5) is 8.06. The maximum Gasteiger partial charge on any atom is 0.146 e.